The van der Waals surface area contributed by atoms with Crippen molar-refractivity contribution < 1.29 is 9.59 Å². The molecule has 0 aliphatic carbocycles. The van der Waals surface area contributed by atoms with E-state index in [0.717, 1.165) is 11.3 Å². The maximum Gasteiger partial charge on any atom is 0.243 e. The van der Waals surface area contributed by atoms with Crippen molar-refractivity contribution in [3.05, 3.63) is 24.3 Å². The number of rotatable bonds is 4. The van der Waals surface area contributed by atoms with Gasteiger partial charge in [0, 0.05) is 23.0 Å². The number of benzene rings is 1. The molecule has 2 N–H and O–H groups in total. The Kier molecular flexibility index (Phi) is 4.14. The summed E-state index contributed by atoms with van der Waals surface area (Å²) >= 11 is 1.42. The van der Waals surface area contributed by atoms with Crippen molar-refractivity contribution in [3.8, 4) is 0 Å². The lowest BCUT2D eigenvalue weighted by atomic mass is 10.2. The molecule has 2 unspecified atom stereocenters. The van der Waals surface area contributed by atoms with Gasteiger partial charge in [0.1, 0.15) is 0 Å². The van der Waals surface area contributed by atoms with Crippen LogP contribution in [0.5, 0.6) is 0 Å². The summed E-state index contributed by atoms with van der Waals surface area (Å²) in [5.74, 6) is -0.146. The number of nitrogens with two attached hydrogens (primary N) is 1. The van der Waals surface area contributed by atoms with Gasteiger partial charge < -0.3 is 5.73 Å². The van der Waals surface area contributed by atoms with E-state index in [0.29, 0.717) is 5.69 Å². The molecule has 1 aromatic rings. The lowest BCUT2D eigenvalue weighted by Crippen LogP contribution is -2.38. The van der Waals surface area contributed by atoms with E-state index in [1.54, 1.807) is 6.07 Å². The van der Waals surface area contributed by atoms with E-state index in [9.17, 15) is 9.59 Å². The van der Waals surface area contributed by atoms with E-state index >= 15 is 0 Å². The first-order chi connectivity index (χ1) is 9.02. The van der Waals surface area contributed by atoms with Crippen molar-refractivity contribution >= 4 is 29.3 Å². The molecule has 1 aliphatic heterocycles. The third kappa shape index (κ3) is 2.92. The number of thioether (sulfide) groups is 1. The molecule has 5 heteroatoms. The minimum atomic E-state index is -0.316. The fourth-order valence-electron chi connectivity index (χ4n) is 2.11. The standard InChI is InChI=1S/C14H18N2O2S/c1-3-9(2)16-13(17)8-12(14(16)18)19-11-6-4-5-10(15)7-11/h4-7,9,12H,3,8,15H2,1-2H3. The number of hydrogen-bond acceptors (Lipinski definition) is 4. The third-order valence-corrected chi connectivity index (χ3v) is 4.49. The number of carbonyl (C=O) groups is 2. The lowest BCUT2D eigenvalue weighted by molar-refractivity contribution is -0.140. The van der Waals surface area contributed by atoms with Crippen LogP contribution in [-0.4, -0.2) is 28.0 Å². The molecular formula is C14H18N2O2S. The number of amides is 2. The van der Waals surface area contributed by atoms with Crippen LogP contribution in [0.1, 0.15) is 26.7 Å². The van der Waals surface area contributed by atoms with Crippen LogP contribution in [0.4, 0.5) is 5.69 Å². The number of nitrogen functional groups attached to an aromatic ring is 1. The van der Waals surface area contributed by atoms with E-state index in [1.165, 1.54) is 16.7 Å². The summed E-state index contributed by atoms with van der Waals surface area (Å²) in [4.78, 5) is 26.5. The van der Waals surface area contributed by atoms with Gasteiger partial charge in [0.2, 0.25) is 11.8 Å². The molecule has 0 radical (unpaired) electrons. The van der Waals surface area contributed by atoms with Gasteiger partial charge in [-0.05, 0) is 31.5 Å². The average molecular weight is 278 g/mol. The van der Waals surface area contributed by atoms with Crippen molar-refractivity contribution in [2.45, 2.75) is 42.9 Å². The number of hydrogen-bond donors (Lipinski definition) is 1. The summed E-state index contributed by atoms with van der Waals surface area (Å²) in [6.07, 6.45) is 1.07. The van der Waals surface area contributed by atoms with Crippen LogP contribution in [-0.2, 0) is 9.59 Å². The van der Waals surface area contributed by atoms with Gasteiger partial charge in [-0.25, -0.2) is 0 Å². The molecule has 1 saturated heterocycles. The van der Waals surface area contributed by atoms with Crippen molar-refractivity contribution in [1.29, 1.82) is 0 Å². The Hall–Kier alpha value is -1.49. The Bertz CT molecular complexity index is 504. The predicted molar refractivity (Wildman–Crippen MR) is 76.7 cm³/mol. The van der Waals surface area contributed by atoms with Gasteiger partial charge in [-0.3, -0.25) is 14.5 Å². The second-order valence-electron chi connectivity index (χ2n) is 4.74. The van der Waals surface area contributed by atoms with E-state index in [4.69, 9.17) is 5.73 Å². The summed E-state index contributed by atoms with van der Waals surface area (Å²) in [6.45, 7) is 3.88. The molecule has 1 aromatic carbocycles. The maximum absolute atomic E-state index is 12.3. The van der Waals surface area contributed by atoms with Crippen LogP contribution >= 0.6 is 11.8 Å². The van der Waals surface area contributed by atoms with Crippen molar-refractivity contribution in [2.24, 2.45) is 0 Å². The van der Waals surface area contributed by atoms with Crippen LogP contribution in [0, 0.1) is 0 Å². The Balaban J connectivity index is 2.11. The van der Waals surface area contributed by atoms with E-state index in [1.807, 2.05) is 32.0 Å². The fourth-order valence-corrected chi connectivity index (χ4v) is 3.24. The molecule has 0 saturated carbocycles. The molecule has 1 fully saturated rings. The molecule has 1 heterocycles. The van der Waals surface area contributed by atoms with E-state index < -0.39 is 0 Å². The van der Waals surface area contributed by atoms with Crippen molar-refractivity contribution in [3.63, 3.8) is 0 Å². The highest BCUT2D eigenvalue weighted by Crippen LogP contribution is 2.33. The molecule has 19 heavy (non-hydrogen) atoms. The summed E-state index contributed by atoms with van der Waals surface area (Å²) < 4.78 is 0. The lowest BCUT2D eigenvalue weighted by Gasteiger charge is -2.21. The molecular weight excluding hydrogens is 260 g/mol. The minimum Gasteiger partial charge on any atom is -0.399 e. The van der Waals surface area contributed by atoms with Gasteiger partial charge in [0.15, 0.2) is 0 Å². The first-order valence-electron chi connectivity index (χ1n) is 6.41. The highest BCUT2D eigenvalue weighted by atomic mass is 32.2. The van der Waals surface area contributed by atoms with Crippen molar-refractivity contribution in [2.75, 3.05) is 5.73 Å². The number of carbonyl (C=O) groups excluding carboxylic acids is 2. The van der Waals surface area contributed by atoms with E-state index in [2.05, 4.69) is 0 Å². The van der Waals surface area contributed by atoms with Crippen molar-refractivity contribution in [1.82, 2.24) is 4.90 Å². The highest BCUT2D eigenvalue weighted by molar-refractivity contribution is 8.00. The number of nitrogens with zero attached hydrogens (tertiary/aromatic N) is 1. The van der Waals surface area contributed by atoms with Gasteiger partial charge in [-0.1, -0.05) is 13.0 Å². The van der Waals surface area contributed by atoms with Gasteiger partial charge in [0.25, 0.3) is 0 Å². The Morgan fingerprint density at radius 2 is 2.21 bits per heavy atom. The highest BCUT2D eigenvalue weighted by Gasteiger charge is 2.40. The smallest absolute Gasteiger partial charge is 0.243 e. The molecule has 4 nitrogen and oxygen atoms in total. The summed E-state index contributed by atoms with van der Waals surface area (Å²) in [7, 11) is 0. The van der Waals surface area contributed by atoms with Crippen LogP contribution < -0.4 is 5.73 Å². The zero-order chi connectivity index (χ0) is 14.0. The molecule has 2 rings (SSSR count). The second kappa shape index (κ2) is 5.65. The first-order valence-corrected chi connectivity index (χ1v) is 7.29. The van der Waals surface area contributed by atoms with Gasteiger partial charge in [-0.2, -0.15) is 0 Å². The first kappa shape index (κ1) is 13.9. The number of imide groups is 1. The zero-order valence-corrected chi connectivity index (χ0v) is 11.9. The fraction of sp³-hybridized carbons (Fsp3) is 0.429. The van der Waals surface area contributed by atoms with Crippen LogP contribution in [0.2, 0.25) is 0 Å². The second-order valence-corrected chi connectivity index (χ2v) is 6.02. The van der Waals surface area contributed by atoms with Crippen LogP contribution in [0.25, 0.3) is 0 Å². The largest absolute Gasteiger partial charge is 0.399 e. The minimum absolute atomic E-state index is 0.0218. The van der Waals surface area contributed by atoms with Gasteiger partial charge in [0.05, 0.1) is 5.25 Å². The zero-order valence-electron chi connectivity index (χ0n) is 11.1. The van der Waals surface area contributed by atoms with Gasteiger partial charge in [-0.15, -0.1) is 11.8 Å². The monoisotopic (exact) mass is 278 g/mol. The van der Waals surface area contributed by atoms with Crippen LogP contribution in [0.3, 0.4) is 0 Å². The number of likely N-dealkylation sites (tertiary alicyclic amines) is 1. The summed E-state index contributed by atoms with van der Waals surface area (Å²) in [5, 5.41) is -0.316. The normalized spacial score (nSPS) is 20.9. The molecule has 2 atom stereocenters. The molecule has 1 aliphatic rings. The van der Waals surface area contributed by atoms with Crippen LogP contribution in [0.15, 0.2) is 29.2 Å². The maximum atomic E-state index is 12.3. The molecule has 0 spiro atoms. The van der Waals surface area contributed by atoms with Gasteiger partial charge >= 0.3 is 0 Å². The summed E-state index contributed by atoms with van der Waals surface area (Å²) in [5.41, 5.74) is 6.38. The Morgan fingerprint density at radius 1 is 1.47 bits per heavy atom. The van der Waals surface area contributed by atoms with E-state index in [-0.39, 0.29) is 29.5 Å². The number of anilines is 1. The average Bonchev–Trinajstić information content (AvgIpc) is 2.64. The summed E-state index contributed by atoms with van der Waals surface area (Å²) in [6, 6.07) is 7.37. The third-order valence-electron chi connectivity index (χ3n) is 3.31. The quantitative estimate of drug-likeness (QED) is 0.678. The molecule has 102 valence electrons. The molecule has 0 aromatic heterocycles. The predicted octanol–water partition coefficient (Wildman–Crippen LogP) is 2.29. The topological polar surface area (TPSA) is 63.4 Å². The SMILES string of the molecule is CCC(C)N1C(=O)CC(Sc2cccc(N)c2)C1=O. The Labute approximate surface area is 117 Å². The Morgan fingerprint density at radius 3 is 2.84 bits per heavy atom. The molecule has 2 amide bonds. The molecule has 0 bridgehead atoms.